The van der Waals surface area contributed by atoms with Crippen LogP contribution in [0.3, 0.4) is 0 Å². The third-order valence-corrected chi connectivity index (χ3v) is 16.7. The maximum absolute atomic E-state index is 14.1. The molecule has 14 nitrogen and oxygen atoms in total. The predicted octanol–water partition coefficient (Wildman–Crippen LogP) is 8.55. The van der Waals surface area contributed by atoms with Gasteiger partial charge in [-0.15, -0.1) is 11.3 Å². The van der Waals surface area contributed by atoms with Crippen LogP contribution in [0.4, 0.5) is 5.69 Å². The zero-order valence-electron chi connectivity index (χ0n) is 42.6. The van der Waals surface area contributed by atoms with E-state index in [4.69, 9.17) is 21.3 Å². The van der Waals surface area contributed by atoms with Crippen LogP contribution in [0.5, 0.6) is 5.75 Å². The molecule has 4 heterocycles. The number of carbonyl (C=O) groups excluding carboxylic acids is 4. The number of piperidine rings is 1. The number of unbranched alkanes of at least 4 members (excludes halogenated alkanes) is 1. The van der Waals surface area contributed by atoms with Gasteiger partial charge < -0.3 is 34.8 Å². The minimum Gasteiger partial charge on any atom is -0.496 e. The van der Waals surface area contributed by atoms with Crippen molar-refractivity contribution in [1.29, 1.82) is 0 Å². The number of β-amino-alcohol motifs (C(OH)–C–C–N with tert-alkyl or cyclic N) is 1. The molecule has 7 rings (SSSR count). The van der Waals surface area contributed by atoms with Crippen LogP contribution in [-0.2, 0) is 43.1 Å². The van der Waals surface area contributed by atoms with Crippen molar-refractivity contribution in [3.8, 4) is 16.2 Å². The van der Waals surface area contributed by atoms with E-state index in [2.05, 4.69) is 31.6 Å². The number of ether oxygens (including phenoxy) is 1. The van der Waals surface area contributed by atoms with Crippen LogP contribution in [0.15, 0.2) is 78.4 Å². The lowest BCUT2D eigenvalue weighted by Crippen LogP contribution is -2.50. The van der Waals surface area contributed by atoms with Gasteiger partial charge in [-0.1, -0.05) is 87.0 Å². The highest BCUT2D eigenvalue weighted by Crippen LogP contribution is 2.38. The number of rotatable bonds is 20. The Hall–Kier alpha value is -5.47. The summed E-state index contributed by atoms with van der Waals surface area (Å²) in [6, 6.07) is 21.0. The van der Waals surface area contributed by atoms with Gasteiger partial charge in [-0.05, 0) is 74.1 Å². The first-order valence-electron chi connectivity index (χ1n) is 24.9. The maximum atomic E-state index is 14.1. The van der Waals surface area contributed by atoms with E-state index in [0.717, 1.165) is 75.5 Å². The van der Waals surface area contributed by atoms with E-state index in [1.807, 2.05) is 93.9 Å². The third kappa shape index (κ3) is 14.2. The highest BCUT2D eigenvalue weighted by molar-refractivity contribution is 7.70. The number of hydrogen-bond donors (Lipinski definition) is 3. The minimum atomic E-state index is -2.50. The maximum Gasteiger partial charge on any atom is 0.243 e. The van der Waals surface area contributed by atoms with Crippen molar-refractivity contribution in [2.75, 3.05) is 45.0 Å². The normalized spacial score (nSPS) is 16.9. The van der Waals surface area contributed by atoms with E-state index in [0.29, 0.717) is 48.6 Å². The number of halogens is 1. The Labute approximate surface area is 433 Å². The molecule has 0 aliphatic carbocycles. The number of methoxy groups -OCH3 is 1. The molecule has 2 saturated heterocycles. The highest BCUT2D eigenvalue weighted by Gasteiger charge is 2.44. The summed E-state index contributed by atoms with van der Waals surface area (Å²) < 4.78 is 18.8. The van der Waals surface area contributed by atoms with E-state index < -0.39 is 30.6 Å². The van der Waals surface area contributed by atoms with E-state index in [9.17, 15) is 28.8 Å². The molecule has 2 fully saturated rings. The van der Waals surface area contributed by atoms with E-state index in [-0.39, 0.29) is 61.9 Å². The lowest BCUT2D eigenvalue weighted by molar-refractivity contribution is -0.146. The fraction of sp³-hybridized carbons (Fsp3) is 0.473. The summed E-state index contributed by atoms with van der Waals surface area (Å²) in [6.07, 6.45) is 4.99. The Morgan fingerprint density at radius 1 is 0.958 bits per heavy atom. The molecule has 384 valence electrons. The number of aryl methyl sites for hydroxylation is 1. The van der Waals surface area contributed by atoms with Crippen LogP contribution in [0.2, 0.25) is 5.02 Å². The lowest BCUT2D eigenvalue weighted by atomic mass is 9.76. The zero-order chi connectivity index (χ0) is 51.7. The molecule has 3 aromatic carbocycles. The highest BCUT2D eigenvalue weighted by atomic mass is 35.5. The van der Waals surface area contributed by atoms with E-state index in [1.165, 1.54) is 4.90 Å². The number of benzene rings is 3. The second kappa shape index (κ2) is 24.0. The standard InChI is InChI=1S/C55H69ClN7O7PS/c1-35-52(72-34-59-35)37-18-16-36(17-19-37)31-58-53(67)47-30-43(65)33-63(47)54(68)44(55(2,3)4)29-42(64)13-9-11-15-51(66)60-40-22-24-62(25-23-40)41-21-20-38(48(28-41)70-5)27-50-57-32-45(56)46(61-50)26-39-12-8-10-14-49(39)71(6,7)69/h8,10,12,14,16-21,28,32,34,40,43-44,47,65H,9,11,13,15,22-27,29-31,33H2,1-7H3,(H,58,67)(H,60,66)/t43-,44-,47+/m1/s1. The average Bonchev–Trinajstić information content (AvgIpc) is 3.97. The summed E-state index contributed by atoms with van der Waals surface area (Å²) in [6.45, 7) is 13.1. The number of aromatic nitrogens is 3. The smallest absolute Gasteiger partial charge is 0.243 e. The van der Waals surface area contributed by atoms with Crippen LogP contribution in [0.1, 0.15) is 106 Å². The molecule has 2 aliphatic heterocycles. The van der Waals surface area contributed by atoms with Crippen molar-refractivity contribution in [2.24, 2.45) is 11.3 Å². The van der Waals surface area contributed by atoms with Crippen molar-refractivity contribution in [3.05, 3.63) is 117 Å². The number of aliphatic hydroxyl groups is 1. The number of Topliss-reactive ketones (excluding diaryl/α,β-unsaturated/α-hetero) is 1. The Morgan fingerprint density at radius 3 is 2.36 bits per heavy atom. The first-order valence-corrected chi connectivity index (χ1v) is 28.8. The molecule has 72 heavy (non-hydrogen) atoms. The van der Waals surface area contributed by atoms with E-state index >= 15 is 0 Å². The monoisotopic (exact) mass is 1040 g/mol. The zero-order valence-corrected chi connectivity index (χ0v) is 45.0. The molecule has 3 N–H and O–H groups in total. The van der Waals surface area contributed by atoms with Gasteiger partial charge >= 0.3 is 0 Å². The number of nitrogens with one attached hydrogen (secondary N) is 2. The van der Waals surface area contributed by atoms with Crippen molar-refractivity contribution >= 4 is 64.6 Å². The number of carbonyl (C=O) groups is 4. The van der Waals surface area contributed by atoms with Crippen LogP contribution < -0.4 is 25.6 Å². The number of amides is 3. The number of ketones is 1. The van der Waals surface area contributed by atoms with Crippen LogP contribution in [-0.4, -0.2) is 107 Å². The Balaban J connectivity index is 0.835. The van der Waals surface area contributed by atoms with Crippen LogP contribution in [0, 0.1) is 18.3 Å². The van der Waals surface area contributed by atoms with Gasteiger partial charge in [0.2, 0.25) is 17.7 Å². The summed E-state index contributed by atoms with van der Waals surface area (Å²) in [5.74, 6) is -0.0985. The number of likely N-dealkylation sites (tertiary alicyclic amines) is 1. The first kappa shape index (κ1) is 54.3. The lowest BCUT2D eigenvalue weighted by Gasteiger charge is -2.34. The molecule has 3 amide bonds. The number of thiazole rings is 1. The molecule has 17 heteroatoms. The quantitative estimate of drug-likeness (QED) is 0.0502. The molecule has 3 atom stereocenters. The van der Waals surface area contributed by atoms with Crippen molar-refractivity contribution in [3.63, 3.8) is 0 Å². The van der Waals surface area contributed by atoms with Crippen LogP contribution >= 0.6 is 30.1 Å². The number of nitrogens with zero attached hydrogens (tertiary/aromatic N) is 5. The molecule has 0 unspecified atom stereocenters. The molecule has 2 aromatic heterocycles. The van der Waals surface area contributed by atoms with Crippen LogP contribution in [0.25, 0.3) is 10.4 Å². The molecule has 0 bridgehead atoms. The molecular weight excluding hydrogens is 969 g/mol. The summed E-state index contributed by atoms with van der Waals surface area (Å²) in [5, 5.41) is 18.1. The Kier molecular flexibility index (Phi) is 18.1. The number of aliphatic hydroxyl groups excluding tert-OH is 1. The van der Waals surface area contributed by atoms with Gasteiger partial charge in [-0.3, -0.25) is 19.2 Å². The summed E-state index contributed by atoms with van der Waals surface area (Å²) in [4.78, 5) is 72.6. The number of anilines is 1. The van der Waals surface area contributed by atoms with Gasteiger partial charge in [0.25, 0.3) is 0 Å². The molecule has 2 aliphatic rings. The fourth-order valence-corrected chi connectivity index (χ4v) is 12.0. The van der Waals surface area contributed by atoms with Crippen molar-refractivity contribution in [2.45, 2.75) is 117 Å². The Bertz CT molecular complexity index is 2770. The molecule has 0 radical (unpaired) electrons. The van der Waals surface area contributed by atoms with Gasteiger partial charge in [0.1, 0.15) is 30.5 Å². The second-order valence-corrected chi connectivity index (χ2v) is 25.1. The summed E-state index contributed by atoms with van der Waals surface area (Å²) >= 11 is 8.14. The third-order valence-electron chi connectivity index (χ3n) is 13.8. The van der Waals surface area contributed by atoms with Gasteiger partial charge in [0.15, 0.2) is 0 Å². The topological polar surface area (TPSA) is 184 Å². The fourth-order valence-electron chi connectivity index (χ4n) is 9.71. The second-order valence-electron chi connectivity index (χ2n) is 20.7. The molecule has 0 saturated carbocycles. The average molecular weight is 1040 g/mol. The minimum absolute atomic E-state index is 0.0202. The predicted molar refractivity (Wildman–Crippen MR) is 286 cm³/mol. The van der Waals surface area contributed by atoms with Gasteiger partial charge in [-0.2, -0.15) is 0 Å². The SMILES string of the molecule is COc1cc(N2CCC(NC(=O)CCCCC(=O)C[C@H](C(=O)N3C[C@H](O)C[C@H]3C(=O)NCc3ccc(-c4scnc4C)cc3)C(C)(C)C)CC2)ccc1Cc1ncc(Cl)c(Cc2ccccc2P(C)(C)=O)n1. The first-order chi connectivity index (χ1) is 34.3. The largest absolute Gasteiger partial charge is 0.496 e. The molecule has 5 aromatic rings. The van der Waals surface area contributed by atoms with Crippen molar-refractivity contribution < 1.29 is 33.6 Å². The summed E-state index contributed by atoms with van der Waals surface area (Å²) in [5.41, 5.74) is 7.75. The van der Waals surface area contributed by atoms with Crippen molar-refractivity contribution in [1.82, 2.24) is 30.5 Å². The molecular formula is C55H69ClN7O7PS. The Morgan fingerprint density at radius 2 is 1.68 bits per heavy atom. The van der Waals surface area contributed by atoms with E-state index in [1.54, 1.807) is 38.0 Å². The molecule has 0 spiro atoms. The summed E-state index contributed by atoms with van der Waals surface area (Å²) in [7, 11) is -0.852. The van der Waals surface area contributed by atoms with Gasteiger partial charge in [-0.25, -0.2) is 15.0 Å². The van der Waals surface area contributed by atoms with Gasteiger partial charge in [0, 0.05) is 105 Å². The van der Waals surface area contributed by atoms with Gasteiger partial charge in [0.05, 0.1) is 40.0 Å². The number of hydrogen-bond acceptors (Lipinski definition) is 12.